The normalized spacial score (nSPS) is 14.4. The summed E-state index contributed by atoms with van der Waals surface area (Å²) in [5.74, 6) is 0.0963. The van der Waals surface area contributed by atoms with Gasteiger partial charge in [-0.05, 0) is 49.6 Å². The van der Waals surface area contributed by atoms with Crippen LogP contribution >= 0.6 is 0 Å². The monoisotopic (exact) mass is 414 g/mol. The van der Waals surface area contributed by atoms with Crippen molar-refractivity contribution in [2.45, 2.75) is 38.6 Å². The van der Waals surface area contributed by atoms with E-state index >= 15 is 0 Å². The maximum Gasteiger partial charge on any atom is 0.269 e. The Morgan fingerprint density at radius 1 is 1.23 bits per heavy atom. The Morgan fingerprint density at radius 3 is 2.71 bits per heavy atom. The smallest absolute Gasteiger partial charge is 0.269 e. The van der Waals surface area contributed by atoms with Gasteiger partial charge in [0.2, 0.25) is 5.88 Å². The maximum atomic E-state index is 13.2. The van der Waals surface area contributed by atoms with E-state index in [1.165, 1.54) is 10.5 Å². The zero-order valence-corrected chi connectivity index (χ0v) is 17.2. The van der Waals surface area contributed by atoms with Gasteiger partial charge in [0.25, 0.3) is 11.5 Å². The first kappa shape index (κ1) is 20.4. The first-order chi connectivity index (χ1) is 15.1. The molecule has 0 atom stereocenters. The van der Waals surface area contributed by atoms with Gasteiger partial charge in [0.05, 0.1) is 0 Å². The average Bonchev–Trinajstić information content (AvgIpc) is 3.28. The topological polar surface area (TPSA) is 96.5 Å². The number of hydrogen-bond donors (Lipinski definition) is 1. The van der Waals surface area contributed by atoms with E-state index in [4.69, 9.17) is 4.74 Å². The van der Waals surface area contributed by atoms with E-state index in [9.17, 15) is 14.9 Å². The minimum absolute atomic E-state index is 0.0464. The van der Waals surface area contributed by atoms with Gasteiger partial charge < -0.3 is 10.1 Å². The number of nitriles is 1. The Kier molecular flexibility index (Phi) is 5.80. The van der Waals surface area contributed by atoms with Crippen LogP contribution in [-0.2, 0) is 4.79 Å². The summed E-state index contributed by atoms with van der Waals surface area (Å²) in [6.07, 6.45) is 6.76. The molecule has 1 aliphatic rings. The van der Waals surface area contributed by atoms with Crippen molar-refractivity contribution in [2.24, 2.45) is 0 Å². The molecule has 0 bridgehead atoms. The van der Waals surface area contributed by atoms with Crippen molar-refractivity contribution >= 4 is 17.6 Å². The van der Waals surface area contributed by atoms with Crippen LogP contribution in [0, 0.1) is 18.3 Å². The summed E-state index contributed by atoms with van der Waals surface area (Å²) in [6, 6.07) is 14.5. The van der Waals surface area contributed by atoms with Gasteiger partial charge in [-0.15, -0.1) is 0 Å². The van der Waals surface area contributed by atoms with Gasteiger partial charge in [-0.1, -0.05) is 37.1 Å². The molecule has 0 aliphatic heterocycles. The summed E-state index contributed by atoms with van der Waals surface area (Å²) in [5.41, 5.74) is 0.742. The van der Waals surface area contributed by atoms with Crippen molar-refractivity contribution in [3.05, 3.63) is 75.7 Å². The van der Waals surface area contributed by atoms with Crippen LogP contribution in [0.25, 0.3) is 11.7 Å². The molecule has 31 heavy (non-hydrogen) atoms. The molecule has 1 saturated carbocycles. The molecular formula is C24H22N4O3. The number of pyridine rings is 1. The van der Waals surface area contributed by atoms with Crippen molar-refractivity contribution in [1.29, 1.82) is 5.26 Å². The van der Waals surface area contributed by atoms with Crippen molar-refractivity contribution in [1.82, 2.24) is 14.7 Å². The number of nitrogens with zero attached hydrogens (tertiary/aromatic N) is 3. The largest absolute Gasteiger partial charge is 0.438 e. The van der Waals surface area contributed by atoms with Crippen LogP contribution in [0.3, 0.4) is 0 Å². The third kappa shape index (κ3) is 4.33. The molecule has 7 nitrogen and oxygen atoms in total. The maximum absolute atomic E-state index is 13.2. The molecule has 1 N–H and O–H groups in total. The minimum atomic E-state index is -0.492. The molecule has 2 heterocycles. The highest BCUT2D eigenvalue weighted by Crippen LogP contribution is 2.26. The third-order valence-electron chi connectivity index (χ3n) is 5.38. The van der Waals surface area contributed by atoms with Crippen LogP contribution in [0.1, 0.15) is 36.8 Å². The zero-order chi connectivity index (χ0) is 21.8. The fourth-order valence-electron chi connectivity index (χ4n) is 3.69. The lowest BCUT2D eigenvalue weighted by Gasteiger charge is -2.13. The number of amides is 1. The Hall–Kier alpha value is -3.92. The highest BCUT2D eigenvalue weighted by Gasteiger charge is 2.21. The highest BCUT2D eigenvalue weighted by atomic mass is 16.5. The molecule has 0 unspecified atom stereocenters. The molecule has 2 aromatic heterocycles. The molecule has 7 heteroatoms. The van der Waals surface area contributed by atoms with Crippen molar-refractivity contribution < 1.29 is 9.53 Å². The Morgan fingerprint density at radius 2 is 1.97 bits per heavy atom. The Bertz CT molecular complexity index is 1260. The van der Waals surface area contributed by atoms with E-state index in [1.54, 1.807) is 30.5 Å². The van der Waals surface area contributed by atoms with Crippen LogP contribution in [0.5, 0.6) is 11.6 Å². The lowest BCUT2D eigenvalue weighted by Crippen LogP contribution is -2.33. The van der Waals surface area contributed by atoms with Gasteiger partial charge in [-0.2, -0.15) is 10.2 Å². The van der Waals surface area contributed by atoms with E-state index in [2.05, 4.69) is 10.3 Å². The molecule has 0 spiro atoms. The SMILES string of the molecule is Cc1ccccc1Oc1nc2ccccn2c(=O)c1C=C(C#N)C(=O)NC1CCCC1. The molecule has 1 aliphatic carbocycles. The van der Waals surface area contributed by atoms with E-state index in [-0.39, 0.29) is 23.1 Å². The van der Waals surface area contributed by atoms with Crippen LogP contribution in [-0.4, -0.2) is 21.3 Å². The quantitative estimate of drug-likeness (QED) is 0.506. The second kappa shape index (κ2) is 8.84. The van der Waals surface area contributed by atoms with Crippen molar-refractivity contribution in [3.63, 3.8) is 0 Å². The van der Waals surface area contributed by atoms with Gasteiger partial charge in [-0.3, -0.25) is 14.0 Å². The van der Waals surface area contributed by atoms with Crippen LogP contribution in [0.15, 0.2) is 59.0 Å². The lowest BCUT2D eigenvalue weighted by molar-refractivity contribution is -0.117. The fraction of sp³-hybridized carbons (Fsp3) is 0.250. The Labute approximate surface area is 179 Å². The third-order valence-corrected chi connectivity index (χ3v) is 5.38. The molecule has 0 radical (unpaired) electrons. The number of aromatic nitrogens is 2. The van der Waals surface area contributed by atoms with Crippen LogP contribution < -0.4 is 15.6 Å². The standard InChI is InChI=1S/C24H22N4O3/c1-16-8-2-5-11-20(16)31-23-19(24(30)28-13-7-6-12-21(28)27-23)14-17(15-25)22(29)26-18-9-3-4-10-18/h2,5-8,11-14,18H,3-4,9-10H2,1H3,(H,26,29). The number of para-hydroxylation sites is 1. The van der Waals surface area contributed by atoms with E-state index < -0.39 is 11.5 Å². The first-order valence-corrected chi connectivity index (χ1v) is 10.2. The molecular weight excluding hydrogens is 392 g/mol. The number of benzene rings is 1. The molecule has 4 rings (SSSR count). The minimum Gasteiger partial charge on any atom is -0.438 e. The van der Waals surface area contributed by atoms with Crippen LogP contribution in [0.2, 0.25) is 0 Å². The second-order valence-electron chi connectivity index (χ2n) is 7.56. The van der Waals surface area contributed by atoms with E-state index in [0.29, 0.717) is 11.4 Å². The molecule has 1 fully saturated rings. The molecule has 156 valence electrons. The van der Waals surface area contributed by atoms with E-state index in [1.807, 2.05) is 31.2 Å². The number of fused-ring (bicyclic) bond motifs is 1. The number of aryl methyl sites for hydroxylation is 1. The number of nitrogens with one attached hydrogen (secondary N) is 1. The highest BCUT2D eigenvalue weighted by molar-refractivity contribution is 6.02. The fourth-order valence-corrected chi connectivity index (χ4v) is 3.69. The predicted octanol–water partition coefficient (Wildman–Crippen LogP) is 3.76. The number of carbonyl (C=O) groups excluding carboxylic acids is 1. The number of carbonyl (C=O) groups is 1. The van der Waals surface area contributed by atoms with Crippen molar-refractivity contribution in [2.75, 3.05) is 0 Å². The van der Waals surface area contributed by atoms with Gasteiger partial charge in [0, 0.05) is 12.2 Å². The number of hydrogen-bond acceptors (Lipinski definition) is 5. The van der Waals surface area contributed by atoms with Gasteiger partial charge in [-0.25, -0.2) is 0 Å². The zero-order valence-electron chi connectivity index (χ0n) is 17.2. The summed E-state index contributed by atoms with van der Waals surface area (Å²) >= 11 is 0. The summed E-state index contributed by atoms with van der Waals surface area (Å²) in [4.78, 5) is 30.3. The summed E-state index contributed by atoms with van der Waals surface area (Å²) in [7, 11) is 0. The van der Waals surface area contributed by atoms with Gasteiger partial charge in [0.1, 0.15) is 28.6 Å². The molecule has 0 saturated heterocycles. The average molecular weight is 414 g/mol. The first-order valence-electron chi connectivity index (χ1n) is 10.2. The lowest BCUT2D eigenvalue weighted by atomic mass is 10.1. The summed E-state index contributed by atoms with van der Waals surface area (Å²) < 4.78 is 7.34. The van der Waals surface area contributed by atoms with E-state index in [0.717, 1.165) is 31.2 Å². The molecule has 3 aromatic rings. The molecule has 1 aromatic carbocycles. The van der Waals surface area contributed by atoms with Gasteiger partial charge >= 0.3 is 0 Å². The van der Waals surface area contributed by atoms with Crippen molar-refractivity contribution in [3.8, 4) is 17.7 Å². The van der Waals surface area contributed by atoms with Gasteiger partial charge in [0.15, 0.2) is 0 Å². The predicted molar refractivity (Wildman–Crippen MR) is 117 cm³/mol. The Balaban J connectivity index is 1.80. The van der Waals surface area contributed by atoms with Crippen LogP contribution in [0.4, 0.5) is 0 Å². The number of ether oxygens (including phenoxy) is 1. The molecule has 1 amide bonds. The summed E-state index contributed by atoms with van der Waals surface area (Å²) in [6.45, 7) is 1.88. The summed E-state index contributed by atoms with van der Waals surface area (Å²) in [5, 5.41) is 12.5. The number of rotatable bonds is 5. The second-order valence-corrected chi connectivity index (χ2v) is 7.56.